The summed E-state index contributed by atoms with van der Waals surface area (Å²) in [4.78, 5) is 0. The van der Waals surface area contributed by atoms with Gasteiger partial charge in [-0.05, 0) is 31.0 Å². The minimum Gasteiger partial charge on any atom is -0.360 e. The highest BCUT2D eigenvalue weighted by Crippen LogP contribution is 2.26. The van der Waals surface area contributed by atoms with Crippen LogP contribution in [-0.2, 0) is 0 Å². The third kappa shape index (κ3) is 2.38. The highest BCUT2D eigenvalue weighted by atomic mass is 32.1. The maximum Gasteiger partial charge on any atom is 0.167 e. The van der Waals surface area contributed by atoms with Gasteiger partial charge in [0, 0.05) is 6.04 Å². The Morgan fingerprint density at radius 2 is 2.42 bits per heavy atom. The van der Waals surface area contributed by atoms with Crippen molar-refractivity contribution in [2.45, 2.75) is 25.8 Å². The second-order valence-electron chi connectivity index (χ2n) is 3.19. The Morgan fingerprint density at radius 3 is 2.83 bits per heavy atom. The fraction of sp³-hybridized carbons (Fsp3) is 0.667. The molecule has 0 amide bonds. The molecule has 1 aliphatic carbocycles. The Balaban J connectivity index is 2.14. The van der Waals surface area contributed by atoms with Gasteiger partial charge in [-0.3, -0.25) is 0 Å². The van der Waals surface area contributed by atoms with E-state index in [0.29, 0.717) is 17.7 Å². The summed E-state index contributed by atoms with van der Waals surface area (Å²) in [6, 6.07) is 0.558. The first-order chi connectivity index (χ1) is 5.74. The molecule has 0 aromatic carbocycles. The van der Waals surface area contributed by atoms with E-state index in [-0.39, 0.29) is 0 Å². The minimum atomic E-state index is 0.507. The van der Waals surface area contributed by atoms with Crippen molar-refractivity contribution in [3.63, 3.8) is 0 Å². The molecule has 2 unspecified atom stereocenters. The first kappa shape index (κ1) is 9.34. The SMILES string of the molecule is C#CCNC(=S)NC1CCC1C. The van der Waals surface area contributed by atoms with Gasteiger partial charge in [0.1, 0.15) is 0 Å². The smallest absolute Gasteiger partial charge is 0.167 e. The van der Waals surface area contributed by atoms with Gasteiger partial charge in [-0.15, -0.1) is 6.42 Å². The molecule has 0 heterocycles. The summed E-state index contributed by atoms with van der Waals surface area (Å²) in [6.45, 7) is 2.73. The average molecular weight is 182 g/mol. The Bertz CT molecular complexity index is 207. The van der Waals surface area contributed by atoms with Crippen molar-refractivity contribution in [1.82, 2.24) is 10.6 Å². The van der Waals surface area contributed by atoms with Gasteiger partial charge in [0.2, 0.25) is 0 Å². The predicted molar refractivity (Wildman–Crippen MR) is 54.8 cm³/mol. The molecule has 1 aliphatic rings. The lowest BCUT2D eigenvalue weighted by Crippen LogP contribution is -2.49. The first-order valence-electron chi connectivity index (χ1n) is 4.22. The van der Waals surface area contributed by atoms with E-state index in [1.807, 2.05) is 0 Å². The summed E-state index contributed by atoms with van der Waals surface area (Å²) >= 11 is 5.03. The van der Waals surface area contributed by atoms with Gasteiger partial charge in [0.05, 0.1) is 6.54 Å². The zero-order valence-electron chi connectivity index (χ0n) is 7.26. The van der Waals surface area contributed by atoms with E-state index in [1.54, 1.807) is 0 Å². The van der Waals surface area contributed by atoms with Gasteiger partial charge < -0.3 is 10.6 Å². The van der Waals surface area contributed by atoms with Crippen molar-refractivity contribution in [2.24, 2.45) is 5.92 Å². The minimum absolute atomic E-state index is 0.507. The average Bonchev–Trinajstić information content (AvgIpc) is 2.08. The molecule has 1 saturated carbocycles. The molecule has 0 saturated heterocycles. The van der Waals surface area contributed by atoms with E-state index >= 15 is 0 Å². The van der Waals surface area contributed by atoms with Crippen molar-refractivity contribution in [1.29, 1.82) is 0 Å². The van der Waals surface area contributed by atoms with Crippen molar-refractivity contribution in [3.05, 3.63) is 0 Å². The van der Waals surface area contributed by atoms with Crippen molar-refractivity contribution in [3.8, 4) is 12.3 Å². The zero-order chi connectivity index (χ0) is 8.97. The summed E-state index contributed by atoms with van der Waals surface area (Å²) < 4.78 is 0. The highest BCUT2D eigenvalue weighted by molar-refractivity contribution is 7.80. The molecule has 0 bridgehead atoms. The third-order valence-corrected chi connectivity index (χ3v) is 2.55. The molecule has 1 fully saturated rings. The summed E-state index contributed by atoms with van der Waals surface area (Å²) in [7, 11) is 0. The van der Waals surface area contributed by atoms with Crippen LogP contribution in [0.2, 0.25) is 0 Å². The van der Waals surface area contributed by atoms with Crippen LogP contribution in [0.1, 0.15) is 19.8 Å². The fourth-order valence-electron chi connectivity index (χ4n) is 1.23. The number of rotatable bonds is 2. The van der Waals surface area contributed by atoms with Crippen LogP contribution in [0.3, 0.4) is 0 Å². The van der Waals surface area contributed by atoms with Crippen molar-refractivity contribution < 1.29 is 0 Å². The molecule has 66 valence electrons. The molecule has 1 rings (SSSR count). The van der Waals surface area contributed by atoms with E-state index in [0.717, 1.165) is 5.92 Å². The van der Waals surface area contributed by atoms with Crippen LogP contribution in [0, 0.1) is 18.3 Å². The third-order valence-electron chi connectivity index (χ3n) is 2.29. The maximum atomic E-state index is 5.08. The summed E-state index contributed by atoms with van der Waals surface area (Å²) in [5, 5.41) is 6.85. The van der Waals surface area contributed by atoms with E-state index in [9.17, 15) is 0 Å². The van der Waals surface area contributed by atoms with E-state index in [4.69, 9.17) is 18.6 Å². The molecule has 12 heavy (non-hydrogen) atoms. The fourth-order valence-corrected chi connectivity index (χ4v) is 1.46. The van der Waals surface area contributed by atoms with Gasteiger partial charge in [0.25, 0.3) is 0 Å². The lowest BCUT2D eigenvalue weighted by atomic mass is 9.81. The second-order valence-corrected chi connectivity index (χ2v) is 3.60. The molecular formula is C9H14N2S. The Hall–Kier alpha value is -0.750. The molecule has 3 heteroatoms. The standard InChI is InChI=1S/C9H14N2S/c1-3-6-10-9(12)11-8-5-4-7(8)2/h1,7-8H,4-6H2,2H3,(H2,10,11,12). The lowest BCUT2D eigenvalue weighted by Gasteiger charge is -2.35. The molecule has 2 N–H and O–H groups in total. The van der Waals surface area contributed by atoms with Crippen LogP contribution in [0.4, 0.5) is 0 Å². The summed E-state index contributed by atoms with van der Waals surface area (Å²) in [5.74, 6) is 3.23. The maximum absolute atomic E-state index is 5.08. The topological polar surface area (TPSA) is 24.1 Å². The Kier molecular flexibility index (Phi) is 3.36. The van der Waals surface area contributed by atoms with Crippen LogP contribution < -0.4 is 10.6 Å². The largest absolute Gasteiger partial charge is 0.360 e. The monoisotopic (exact) mass is 182 g/mol. The van der Waals surface area contributed by atoms with Crippen LogP contribution in [0.15, 0.2) is 0 Å². The highest BCUT2D eigenvalue weighted by Gasteiger charge is 2.26. The zero-order valence-corrected chi connectivity index (χ0v) is 8.08. The van der Waals surface area contributed by atoms with Crippen molar-refractivity contribution >= 4 is 17.3 Å². The molecular weight excluding hydrogens is 168 g/mol. The van der Waals surface area contributed by atoms with Gasteiger partial charge in [-0.2, -0.15) is 0 Å². The molecule has 0 radical (unpaired) electrons. The van der Waals surface area contributed by atoms with Gasteiger partial charge >= 0.3 is 0 Å². The quantitative estimate of drug-likeness (QED) is 0.490. The molecule has 2 atom stereocenters. The molecule has 0 aliphatic heterocycles. The van der Waals surface area contributed by atoms with Crippen LogP contribution >= 0.6 is 12.2 Å². The summed E-state index contributed by atoms with van der Waals surface area (Å²) in [6.07, 6.45) is 7.60. The molecule has 0 aromatic rings. The Labute approximate surface area is 79.1 Å². The molecule has 2 nitrogen and oxygen atoms in total. The van der Waals surface area contributed by atoms with Crippen LogP contribution in [0.5, 0.6) is 0 Å². The molecule has 0 aromatic heterocycles. The van der Waals surface area contributed by atoms with Gasteiger partial charge in [-0.25, -0.2) is 0 Å². The van der Waals surface area contributed by atoms with E-state index in [1.165, 1.54) is 12.8 Å². The van der Waals surface area contributed by atoms with Crippen LogP contribution in [-0.4, -0.2) is 17.7 Å². The normalized spacial score (nSPS) is 26.7. The number of thiocarbonyl (C=S) groups is 1. The van der Waals surface area contributed by atoms with E-state index < -0.39 is 0 Å². The molecule has 0 spiro atoms. The van der Waals surface area contributed by atoms with Crippen LogP contribution in [0.25, 0.3) is 0 Å². The number of nitrogens with one attached hydrogen (secondary N) is 2. The number of terminal acetylenes is 1. The number of hydrogen-bond acceptors (Lipinski definition) is 1. The first-order valence-corrected chi connectivity index (χ1v) is 4.62. The lowest BCUT2D eigenvalue weighted by molar-refractivity contribution is 0.257. The number of hydrogen-bond donors (Lipinski definition) is 2. The van der Waals surface area contributed by atoms with Gasteiger partial charge in [-0.1, -0.05) is 12.8 Å². The van der Waals surface area contributed by atoms with Crippen molar-refractivity contribution in [2.75, 3.05) is 6.54 Å². The Morgan fingerprint density at radius 1 is 1.67 bits per heavy atom. The summed E-state index contributed by atoms with van der Waals surface area (Å²) in [5.41, 5.74) is 0. The predicted octanol–water partition coefficient (Wildman–Crippen LogP) is 0.882. The second kappa shape index (κ2) is 4.32. The van der Waals surface area contributed by atoms with E-state index in [2.05, 4.69) is 23.5 Å². The van der Waals surface area contributed by atoms with Gasteiger partial charge in [0.15, 0.2) is 5.11 Å².